The number of nitrogens with one attached hydrogen (secondary N) is 1. The minimum atomic E-state index is 1.25. The number of allylic oxidation sites excluding steroid dienone is 1. The number of aryl methyl sites for hydroxylation is 2. The number of aromatic nitrogens is 1. The molecule has 1 nitrogen and oxygen atoms in total. The summed E-state index contributed by atoms with van der Waals surface area (Å²) >= 11 is 0. The molecule has 0 aliphatic rings. The molecule has 0 unspecified atom stereocenters. The first kappa shape index (κ1) is 7.13. The molecule has 0 aliphatic heterocycles. The van der Waals surface area contributed by atoms with Crippen LogP contribution in [-0.2, 0) is 0 Å². The molecule has 1 rings (SSSR count). The Bertz CT molecular complexity index is 224. The Morgan fingerprint density at radius 3 is 2.50 bits per heavy atom. The maximum Gasteiger partial charge on any atom is 0.0191 e. The second kappa shape index (κ2) is 2.74. The maximum absolute atomic E-state index is 3.17. The molecule has 1 heteroatoms. The Morgan fingerprint density at radius 2 is 2.10 bits per heavy atom. The quantitative estimate of drug-likeness (QED) is 0.609. The lowest BCUT2D eigenvalue weighted by atomic mass is 10.1. The van der Waals surface area contributed by atoms with E-state index in [-0.39, 0.29) is 0 Å². The fourth-order valence-electron chi connectivity index (χ4n) is 1.09. The molecule has 0 amide bonds. The van der Waals surface area contributed by atoms with Crippen molar-refractivity contribution in [1.29, 1.82) is 0 Å². The number of hydrogen-bond acceptors (Lipinski definition) is 0. The van der Waals surface area contributed by atoms with Crippen LogP contribution in [0.5, 0.6) is 0 Å². The zero-order valence-corrected chi connectivity index (χ0v) is 6.73. The third kappa shape index (κ3) is 1.13. The fraction of sp³-hybridized carbons (Fsp3) is 0.333. The molecule has 0 bridgehead atoms. The number of H-pyrrole nitrogens is 1. The molecule has 0 aliphatic carbocycles. The van der Waals surface area contributed by atoms with Crippen molar-refractivity contribution in [2.75, 3.05) is 0 Å². The van der Waals surface area contributed by atoms with Crippen molar-refractivity contribution in [3.63, 3.8) is 0 Å². The predicted molar refractivity (Wildman–Crippen MR) is 45.0 cm³/mol. The van der Waals surface area contributed by atoms with Crippen molar-refractivity contribution in [3.8, 4) is 0 Å². The van der Waals surface area contributed by atoms with Crippen LogP contribution in [0.15, 0.2) is 12.3 Å². The van der Waals surface area contributed by atoms with Crippen molar-refractivity contribution in [3.05, 3.63) is 29.1 Å². The van der Waals surface area contributed by atoms with Crippen molar-refractivity contribution in [2.45, 2.75) is 20.8 Å². The molecule has 0 aromatic carbocycles. The summed E-state index contributed by atoms with van der Waals surface area (Å²) in [7, 11) is 0. The van der Waals surface area contributed by atoms with Crippen molar-refractivity contribution in [1.82, 2.24) is 4.98 Å². The molecule has 0 spiro atoms. The van der Waals surface area contributed by atoms with Crippen LogP contribution in [0.2, 0.25) is 0 Å². The molecule has 0 saturated carbocycles. The van der Waals surface area contributed by atoms with E-state index in [0.29, 0.717) is 0 Å². The molecule has 1 aromatic heterocycles. The molecule has 0 saturated heterocycles. The van der Waals surface area contributed by atoms with Gasteiger partial charge in [0.15, 0.2) is 0 Å². The first-order valence-electron chi connectivity index (χ1n) is 3.53. The summed E-state index contributed by atoms with van der Waals surface area (Å²) in [5, 5.41) is 0. The van der Waals surface area contributed by atoms with E-state index in [9.17, 15) is 0 Å². The van der Waals surface area contributed by atoms with Crippen LogP contribution >= 0.6 is 0 Å². The minimum Gasteiger partial charge on any atom is -0.364 e. The summed E-state index contributed by atoms with van der Waals surface area (Å²) in [5.74, 6) is 0. The average Bonchev–Trinajstić information content (AvgIpc) is 2.20. The van der Waals surface area contributed by atoms with E-state index in [2.05, 4.69) is 31.0 Å². The molecule has 1 heterocycles. The summed E-state index contributed by atoms with van der Waals surface area (Å²) < 4.78 is 0. The van der Waals surface area contributed by atoms with E-state index in [1.807, 2.05) is 13.1 Å². The molecule has 0 fully saturated rings. The van der Waals surface area contributed by atoms with Gasteiger partial charge in [0.25, 0.3) is 0 Å². The van der Waals surface area contributed by atoms with Crippen LogP contribution in [-0.4, -0.2) is 4.98 Å². The van der Waals surface area contributed by atoms with Crippen LogP contribution in [0.3, 0.4) is 0 Å². The summed E-state index contributed by atoms with van der Waals surface area (Å²) in [6.45, 7) is 6.23. The Kier molecular flexibility index (Phi) is 1.95. The topological polar surface area (TPSA) is 15.8 Å². The second-order valence-electron chi connectivity index (χ2n) is 2.51. The van der Waals surface area contributed by atoms with Gasteiger partial charge >= 0.3 is 0 Å². The lowest BCUT2D eigenvalue weighted by Gasteiger charge is -1.90. The summed E-state index contributed by atoms with van der Waals surface area (Å²) in [6, 6.07) is 0. The minimum absolute atomic E-state index is 1.25. The molecule has 1 aromatic rings. The van der Waals surface area contributed by atoms with Gasteiger partial charge in [-0.3, -0.25) is 0 Å². The average molecular weight is 135 g/mol. The molecular weight excluding hydrogens is 122 g/mol. The van der Waals surface area contributed by atoms with Gasteiger partial charge in [-0.2, -0.15) is 0 Å². The van der Waals surface area contributed by atoms with Crippen molar-refractivity contribution < 1.29 is 0 Å². The fourth-order valence-corrected chi connectivity index (χ4v) is 1.09. The van der Waals surface area contributed by atoms with E-state index in [0.717, 1.165) is 0 Å². The Balaban J connectivity index is 3.10. The van der Waals surface area contributed by atoms with Gasteiger partial charge in [-0.05, 0) is 31.9 Å². The first-order valence-corrected chi connectivity index (χ1v) is 3.53. The molecule has 54 valence electrons. The molecule has 0 atom stereocenters. The van der Waals surface area contributed by atoms with Gasteiger partial charge in [0.1, 0.15) is 0 Å². The predicted octanol–water partition coefficient (Wildman–Crippen LogP) is 2.66. The molecule has 1 N–H and O–H groups in total. The van der Waals surface area contributed by atoms with Gasteiger partial charge in [0, 0.05) is 11.9 Å². The lowest BCUT2D eigenvalue weighted by molar-refractivity contribution is 1.26. The van der Waals surface area contributed by atoms with E-state index < -0.39 is 0 Å². The van der Waals surface area contributed by atoms with Gasteiger partial charge < -0.3 is 4.98 Å². The normalized spacial score (nSPS) is 11.1. The van der Waals surface area contributed by atoms with Gasteiger partial charge in [-0.1, -0.05) is 12.2 Å². The summed E-state index contributed by atoms with van der Waals surface area (Å²) in [6.07, 6.45) is 6.22. The standard InChI is InChI=1S/C9H13N/c1-4-5-9-7(2)6-10-8(9)3/h4-6,10H,1-3H3/b5-4-. The number of rotatable bonds is 1. The smallest absolute Gasteiger partial charge is 0.0191 e. The highest BCUT2D eigenvalue weighted by Gasteiger charge is 1.97. The van der Waals surface area contributed by atoms with E-state index >= 15 is 0 Å². The highest BCUT2D eigenvalue weighted by Crippen LogP contribution is 2.13. The molecule has 0 radical (unpaired) electrons. The van der Waals surface area contributed by atoms with Crippen LogP contribution in [0.4, 0.5) is 0 Å². The Labute approximate surface area is 61.8 Å². The highest BCUT2D eigenvalue weighted by molar-refractivity contribution is 5.55. The van der Waals surface area contributed by atoms with E-state index in [1.54, 1.807) is 0 Å². The zero-order valence-electron chi connectivity index (χ0n) is 6.73. The van der Waals surface area contributed by atoms with Gasteiger partial charge in [0.05, 0.1) is 0 Å². The monoisotopic (exact) mass is 135 g/mol. The third-order valence-corrected chi connectivity index (χ3v) is 1.67. The Morgan fingerprint density at radius 1 is 1.40 bits per heavy atom. The van der Waals surface area contributed by atoms with Crippen molar-refractivity contribution >= 4 is 6.08 Å². The van der Waals surface area contributed by atoms with E-state index in [1.165, 1.54) is 16.8 Å². The van der Waals surface area contributed by atoms with Gasteiger partial charge in [-0.15, -0.1) is 0 Å². The van der Waals surface area contributed by atoms with Crippen LogP contribution < -0.4 is 0 Å². The Hall–Kier alpha value is -0.980. The molecular formula is C9H13N. The molecule has 10 heavy (non-hydrogen) atoms. The maximum atomic E-state index is 3.17. The van der Waals surface area contributed by atoms with Crippen LogP contribution in [0.25, 0.3) is 6.08 Å². The second-order valence-corrected chi connectivity index (χ2v) is 2.51. The zero-order chi connectivity index (χ0) is 7.56. The summed E-state index contributed by atoms with van der Waals surface area (Å²) in [4.78, 5) is 3.17. The van der Waals surface area contributed by atoms with Gasteiger partial charge in [-0.25, -0.2) is 0 Å². The lowest BCUT2D eigenvalue weighted by Crippen LogP contribution is -1.74. The van der Waals surface area contributed by atoms with Crippen LogP contribution in [0.1, 0.15) is 23.7 Å². The van der Waals surface area contributed by atoms with E-state index in [4.69, 9.17) is 0 Å². The highest BCUT2D eigenvalue weighted by atomic mass is 14.7. The summed E-state index contributed by atoms with van der Waals surface area (Å²) in [5.41, 5.74) is 3.88. The first-order chi connectivity index (χ1) is 4.75. The number of hydrogen-bond donors (Lipinski definition) is 1. The SMILES string of the molecule is C/C=C\c1c(C)c[nH]c1C. The van der Waals surface area contributed by atoms with Crippen molar-refractivity contribution in [2.24, 2.45) is 0 Å². The third-order valence-electron chi connectivity index (χ3n) is 1.67. The van der Waals surface area contributed by atoms with Crippen LogP contribution in [0, 0.1) is 13.8 Å². The largest absolute Gasteiger partial charge is 0.364 e. The van der Waals surface area contributed by atoms with Gasteiger partial charge in [0.2, 0.25) is 0 Å². The number of aromatic amines is 1.